The Bertz CT molecular complexity index is 714. The molecule has 1 saturated heterocycles. The summed E-state index contributed by atoms with van der Waals surface area (Å²) in [4.78, 5) is 13.9. The van der Waals surface area contributed by atoms with Crippen LogP contribution in [0.2, 0.25) is 0 Å². The molecule has 1 aliphatic carbocycles. The minimum atomic E-state index is -0.636. The molecule has 1 aromatic heterocycles. The predicted molar refractivity (Wildman–Crippen MR) is 85.1 cm³/mol. The van der Waals surface area contributed by atoms with Crippen molar-refractivity contribution in [1.29, 1.82) is 0 Å². The van der Waals surface area contributed by atoms with Gasteiger partial charge in [-0.1, -0.05) is 36.8 Å². The molecule has 0 radical (unpaired) electrons. The largest absolute Gasteiger partial charge is 0.519 e. The summed E-state index contributed by atoms with van der Waals surface area (Å²) in [7, 11) is 0. The SMILES string of the molecule is O=c1oc(CN2CCOCC3(CCC3)C2)c(-c2ccccc2)o1. The molecule has 2 fully saturated rings. The van der Waals surface area contributed by atoms with E-state index in [-0.39, 0.29) is 0 Å². The van der Waals surface area contributed by atoms with Crippen molar-refractivity contribution in [1.82, 2.24) is 4.90 Å². The monoisotopic (exact) mass is 315 g/mol. The maximum atomic E-state index is 11.6. The molecule has 1 aliphatic heterocycles. The Labute approximate surface area is 134 Å². The maximum absolute atomic E-state index is 11.6. The summed E-state index contributed by atoms with van der Waals surface area (Å²) in [6.45, 7) is 4.01. The fourth-order valence-corrected chi connectivity index (χ4v) is 3.62. The van der Waals surface area contributed by atoms with Crippen molar-refractivity contribution in [2.45, 2.75) is 25.8 Å². The Balaban J connectivity index is 1.58. The highest BCUT2D eigenvalue weighted by molar-refractivity contribution is 5.58. The summed E-state index contributed by atoms with van der Waals surface area (Å²) < 4.78 is 16.4. The van der Waals surface area contributed by atoms with Crippen LogP contribution >= 0.6 is 0 Å². The Morgan fingerprint density at radius 2 is 1.96 bits per heavy atom. The standard InChI is InChI=1S/C18H21NO4/c20-17-22-15(16(23-17)14-5-2-1-3-6-14)11-19-9-10-21-13-18(12-19)7-4-8-18/h1-3,5-6H,4,7-13H2. The average molecular weight is 315 g/mol. The second-order valence-electron chi connectivity index (χ2n) is 6.69. The van der Waals surface area contributed by atoms with E-state index in [9.17, 15) is 4.79 Å². The predicted octanol–water partition coefficient (Wildman–Crippen LogP) is 2.90. The lowest BCUT2D eigenvalue weighted by molar-refractivity contribution is 0.00909. The van der Waals surface area contributed by atoms with Gasteiger partial charge in [0.25, 0.3) is 0 Å². The molecule has 1 spiro atoms. The first-order valence-corrected chi connectivity index (χ1v) is 8.23. The third-order valence-electron chi connectivity index (χ3n) is 4.98. The Hall–Kier alpha value is -1.85. The lowest BCUT2D eigenvalue weighted by atomic mass is 9.69. The molecule has 1 saturated carbocycles. The summed E-state index contributed by atoms with van der Waals surface area (Å²) in [5.74, 6) is 0.518. The topological polar surface area (TPSA) is 55.8 Å². The molecule has 0 unspecified atom stereocenters. The van der Waals surface area contributed by atoms with E-state index >= 15 is 0 Å². The molecule has 0 bridgehead atoms. The molecule has 1 aromatic carbocycles. The van der Waals surface area contributed by atoms with Crippen molar-refractivity contribution in [3.63, 3.8) is 0 Å². The Morgan fingerprint density at radius 3 is 2.70 bits per heavy atom. The number of benzene rings is 1. The normalized spacial score (nSPS) is 21.0. The fraction of sp³-hybridized carbons (Fsp3) is 0.500. The summed E-state index contributed by atoms with van der Waals surface area (Å²) in [5, 5.41) is 0. The third-order valence-corrected chi connectivity index (χ3v) is 4.98. The first kappa shape index (κ1) is 14.7. The molecule has 5 heteroatoms. The molecule has 23 heavy (non-hydrogen) atoms. The van der Waals surface area contributed by atoms with Crippen LogP contribution in [0.5, 0.6) is 0 Å². The highest BCUT2D eigenvalue weighted by Crippen LogP contribution is 2.43. The van der Waals surface area contributed by atoms with Gasteiger partial charge in [0.1, 0.15) is 0 Å². The molecular formula is C18H21NO4. The van der Waals surface area contributed by atoms with Crippen LogP contribution in [0, 0.1) is 5.41 Å². The molecule has 2 aromatic rings. The number of hydrogen-bond donors (Lipinski definition) is 0. The number of rotatable bonds is 3. The van der Waals surface area contributed by atoms with Crippen LogP contribution in [-0.4, -0.2) is 31.2 Å². The lowest BCUT2D eigenvalue weighted by Crippen LogP contribution is -2.43. The van der Waals surface area contributed by atoms with E-state index in [1.54, 1.807) is 0 Å². The van der Waals surface area contributed by atoms with Crippen molar-refractivity contribution < 1.29 is 13.6 Å². The van der Waals surface area contributed by atoms with Gasteiger partial charge in [0.05, 0.1) is 19.8 Å². The minimum absolute atomic E-state index is 0.299. The Morgan fingerprint density at radius 1 is 1.13 bits per heavy atom. The smallest absolute Gasteiger partial charge is 0.394 e. The summed E-state index contributed by atoms with van der Waals surface area (Å²) in [6, 6.07) is 9.64. The van der Waals surface area contributed by atoms with E-state index in [0.29, 0.717) is 23.5 Å². The highest BCUT2D eigenvalue weighted by atomic mass is 16.6. The van der Waals surface area contributed by atoms with Crippen LogP contribution in [0.25, 0.3) is 11.3 Å². The van der Waals surface area contributed by atoms with E-state index in [2.05, 4.69) is 4.90 Å². The van der Waals surface area contributed by atoms with Gasteiger partial charge >= 0.3 is 5.82 Å². The van der Waals surface area contributed by atoms with Crippen LogP contribution in [-0.2, 0) is 11.3 Å². The summed E-state index contributed by atoms with van der Waals surface area (Å²) in [5.41, 5.74) is 1.17. The third kappa shape index (κ3) is 2.99. The molecule has 0 N–H and O–H groups in total. The van der Waals surface area contributed by atoms with Gasteiger partial charge in [0, 0.05) is 24.1 Å². The van der Waals surface area contributed by atoms with Crippen LogP contribution < -0.4 is 5.82 Å². The van der Waals surface area contributed by atoms with E-state index in [4.69, 9.17) is 13.6 Å². The number of ether oxygens (including phenoxy) is 1. The summed E-state index contributed by atoms with van der Waals surface area (Å²) in [6.07, 6.45) is 3.74. The van der Waals surface area contributed by atoms with Crippen molar-refractivity contribution in [3.8, 4) is 11.3 Å². The summed E-state index contributed by atoms with van der Waals surface area (Å²) >= 11 is 0. The Kier molecular flexibility index (Phi) is 3.83. The quantitative estimate of drug-likeness (QED) is 0.871. The molecule has 2 aliphatic rings. The molecule has 5 nitrogen and oxygen atoms in total. The fourth-order valence-electron chi connectivity index (χ4n) is 3.62. The molecule has 0 atom stereocenters. The van der Waals surface area contributed by atoms with Gasteiger partial charge in [-0.3, -0.25) is 4.90 Å². The zero-order valence-corrected chi connectivity index (χ0v) is 13.1. The minimum Gasteiger partial charge on any atom is -0.394 e. The molecule has 4 rings (SSSR count). The van der Waals surface area contributed by atoms with Crippen LogP contribution in [0.1, 0.15) is 25.0 Å². The van der Waals surface area contributed by atoms with Crippen molar-refractivity contribution in [3.05, 3.63) is 46.7 Å². The highest BCUT2D eigenvalue weighted by Gasteiger charge is 2.40. The molecular weight excluding hydrogens is 294 g/mol. The van der Waals surface area contributed by atoms with Crippen LogP contribution in [0.4, 0.5) is 0 Å². The number of nitrogens with zero attached hydrogens (tertiary/aromatic N) is 1. The lowest BCUT2D eigenvalue weighted by Gasteiger charge is -2.42. The van der Waals surface area contributed by atoms with Crippen LogP contribution in [0.15, 0.2) is 44.0 Å². The van der Waals surface area contributed by atoms with Crippen molar-refractivity contribution >= 4 is 0 Å². The first-order chi connectivity index (χ1) is 11.2. The van der Waals surface area contributed by atoms with Gasteiger partial charge in [-0.25, -0.2) is 4.79 Å². The van der Waals surface area contributed by atoms with Gasteiger partial charge in [0.2, 0.25) is 0 Å². The van der Waals surface area contributed by atoms with Gasteiger partial charge in [-0.05, 0) is 12.8 Å². The van der Waals surface area contributed by atoms with E-state index in [1.807, 2.05) is 30.3 Å². The van der Waals surface area contributed by atoms with Gasteiger partial charge < -0.3 is 13.6 Å². The maximum Gasteiger partial charge on any atom is 0.519 e. The first-order valence-electron chi connectivity index (χ1n) is 8.23. The van der Waals surface area contributed by atoms with E-state index in [1.165, 1.54) is 19.3 Å². The average Bonchev–Trinajstić information content (AvgIpc) is 2.76. The van der Waals surface area contributed by atoms with Crippen molar-refractivity contribution in [2.75, 3.05) is 26.3 Å². The molecule has 122 valence electrons. The van der Waals surface area contributed by atoms with Crippen molar-refractivity contribution in [2.24, 2.45) is 5.41 Å². The van der Waals surface area contributed by atoms with Gasteiger partial charge in [-0.2, -0.15) is 0 Å². The van der Waals surface area contributed by atoms with Gasteiger partial charge in [-0.15, -0.1) is 0 Å². The zero-order valence-electron chi connectivity index (χ0n) is 13.1. The van der Waals surface area contributed by atoms with E-state index < -0.39 is 5.82 Å². The zero-order chi connectivity index (χ0) is 15.7. The molecule has 2 heterocycles. The molecule has 0 amide bonds. The van der Waals surface area contributed by atoms with Crippen LogP contribution in [0.3, 0.4) is 0 Å². The van der Waals surface area contributed by atoms with Gasteiger partial charge in [0.15, 0.2) is 11.5 Å². The second-order valence-corrected chi connectivity index (χ2v) is 6.69. The van der Waals surface area contributed by atoms with E-state index in [0.717, 1.165) is 31.9 Å². The second kappa shape index (κ2) is 5.98. The number of hydrogen-bond acceptors (Lipinski definition) is 5.